The van der Waals surface area contributed by atoms with Crippen molar-refractivity contribution in [2.45, 2.75) is 31.3 Å². The minimum absolute atomic E-state index is 0.251. The first-order valence-electron chi connectivity index (χ1n) is 6.19. The highest BCUT2D eigenvalue weighted by atomic mass is 16.3. The van der Waals surface area contributed by atoms with E-state index in [2.05, 4.69) is 15.0 Å². The summed E-state index contributed by atoms with van der Waals surface area (Å²) in [5.74, 6) is 0.251. The van der Waals surface area contributed by atoms with Gasteiger partial charge in [0.15, 0.2) is 11.5 Å². The van der Waals surface area contributed by atoms with Gasteiger partial charge in [0.25, 0.3) is 0 Å². The Hall–Kier alpha value is -2.03. The predicted octanol–water partition coefficient (Wildman–Crippen LogP) is -1.01. The molecule has 8 heteroatoms. The molecule has 8 nitrogen and oxygen atoms in total. The van der Waals surface area contributed by atoms with Gasteiger partial charge in [-0.05, 0) is 12.5 Å². The monoisotopic (exact) mass is 277 g/mol. The molecule has 0 amide bonds. The molecule has 0 radical (unpaired) electrons. The van der Waals surface area contributed by atoms with Crippen molar-refractivity contribution in [1.29, 1.82) is 0 Å². The minimum atomic E-state index is -1.11. The first kappa shape index (κ1) is 13.0. The molecule has 5 N–H and O–H groups in total. The molecule has 0 spiro atoms. The molecule has 0 saturated carbocycles. The second-order valence-electron chi connectivity index (χ2n) is 4.85. The van der Waals surface area contributed by atoms with Gasteiger partial charge in [-0.2, -0.15) is 0 Å². The lowest BCUT2D eigenvalue weighted by Gasteiger charge is -2.19. The topological polar surface area (TPSA) is 130 Å². The maximum Gasteiger partial charge on any atom is 0.166 e. The first-order chi connectivity index (χ1) is 9.50. The molecule has 1 aliphatic carbocycles. The number of hydrogen-bond donors (Lipinski definition) is 4. The fraction of sp³-hybridized carbons (Fsp3) is 0.417. The summed E-state index contributed by atoms with van der Waals surface area (Å²) in [6.45, 7) is 1.54. The predicted molar refractivity (Wildman–Crippen MR) is 70.5 cm³/mol. The van der Waals surface area contributed by atoms with Crippen molar-refractivity contribution in [3.8, 4) is 0 Å². The van der Waals surface area contributed by atoms with Crippen LogP contribution in [0.25, 0.3) is 11.2 Å². The third-order valence-electron chi connectivity index (χ3n) is 3.57. The molecule has 20 heavy (non-hydrogen) atoms. The van der Waals surface area contributed by atoms with E-state index >= 15 is 0 Å². The van der Waals surface area contributed by atoms with E-state index in [1.54, 1.807) is 10.6 Å². The number of nitrogen functional groups attached to an aromatic ring is 1. The van der Waals surface area contributed by atoms with Crippen LogP contribution >= 0.6 is 0 Å². The number of aromatic nitrogens is 4. The van der Waals surface area contributed by atoms with Crippen molar-refractivity contribution < 1.29 is 15.3 Å². The minimum Gasteiger partial charge on any atom is -0.389 e. The van der Waals surface area contributed by atoms with E-state index in [4.69, 9.17) is 5.73 Å². The Bertz CT molecular complexity index is 681. The molecule has 0 saturated heterocycles. The van der Waals surface area contributed by atoms with E-state index in [-0.39, 0.29) is 5.82 Å². The SMILES string of the molecule is C[C@H](O)C1=C[C@@H](n2cnc3c(N)ncnc32)[C@H](O)[C@@H]1O. The normalized spacial score (nSPS) is 27.8. The first-order valence-corrected chi connectivity index (χ1v) is 6.19. The maximum atomic E-state index is 10.1. The number of aliphatic hydroxyl groups is 3. The second-order valence-corrected chi connectivity index (χ2v) is 4.85. The van der Waals surface area contributed by atoms with E-state index in [0.717, 1.165) is 0 Å². The molecular formula is C12H15N5O3. The highest BCUT2D eigenvalue weighted by molar-refractivity contribution is 5.81. The number of anilines is 1. The van der Waals surface area contributed by atoms with Crippen LogP contribution in [0.1, 0.15) is 13.0 Å². The van der Waals surface area contributed by atoms with E-state index in [1.165, 1.54) is 19.6 Å². The summed E-state index contributed by atoms with van der Waals surface area (Å²) in [5, 5.41) is 29.7. The lowest BCUT2D eigenvalue weighted by molar-refractivity contribution is 0.0237. The molecule has 0 aromatic carbocycles. The number of nitrogens with zero attached hydrogens (tertiary/aromatic N) is 4. The zero-order valence-electron chi connectivity index (χ0n) is 10.7. The maximum absolute atomic E-state index is 10.1. The standard InChI is InChI=1S/C12H15N5O3/c1-5(18)6-2-7(10(20)9(6)19)17-4-16-8-11(13)14-3-15-12(8)17/h2-5,7,9-10,18-20H,1H3,(H2,13,14,15)/t5-,7+,9+,10-/m0/s1. The van der Waals surface area contributed by atoms with Crippen molar-refractivity contribution in [3.63, 3.8) is 0 Å². The summed E-state index contributed by atoms with van der Waals surface area (Å²) in [6, 6.07) is -0.561. The number of fused-ring (bicyclic) bond motifs is 1. The lowest BCUT2D eigenvalue weighted by Crippen LogP contribution is -2.31. The van der Waals surface area contributed by atoms with Crippen molar-refractivity contribution in [1.82, 2.24) is 19.5 Å². The molecule has 0 unspecified atom stereocenters. The van der Waals surface area contributed by atoms with Gasteiger partial charge in [-0.25, -0.2) is 15.0 Å². The smallest absolute Gasteiger partial charge is 0.166 e. The Labute approximate surface area is 114 Å². The third-order valence-corrected chi connectivity index (χ3v) is 3.57. The van der Waals surface area contributed by atoms with Crippen molar-refractivity contribution in [2.24, 2.45) is 0 Å². The van der Waals surface area contributed by atoms with E-state index < -0.39 is 24.4 Å². The average molecular weight is 277 g/mol. The highest BCUT2D eigenvalue weighted by Crippen LogP contribution is 2.33. The summed E-state index contributed by atoms with van der Waals surface area (Å²) in [4.78, 5) is 12.1. The quantitative estimate of drug-likeness (QED) is 0.517. The fourth-order valence-corrected chi connectivity index (χ4v) is 2.50. The van der Waals surface area contributed by atoms with Crippen LogP contribution < -0.4 is 5.73 Å². The van der Waals surface area contributed by atoms with Crippen LogP contribution in [0.15, 0.2) is 24.3 Å². The zero-order chi connectivity index (χ0) is 14.4. The molecule has 3 rings (SSSR count). The van der Waals surface area contributed by atoms with Crippen LogP contribution in [0.2, 0.25) is 0 Å². The highest BCUT2D eigenvalue weighted by Gasteiger charge is 2.38. The molecule has 106 valence electrons. The van der Waals surface area contributed by atoms with Gasteiger partial charge in [0.1, 0.15) is 24.1 Å². The summed E-state index contributed by atoms with van der Waals surface area (Å²) < 4.78 is 1.61. The third kappa shape index (κ3) is 1.77. The number of imidazole rings is 1. The van der Waals surface area contributed by atoms with Gasteiger partial charge >= 0.3 is 0 Å². The average Bonchev–Trinajstić information content (AvgIpc) is 2.94. The molecular weight excluding hydrogens is 262 g/mol. The molecule has 4 atom stereocenters. The van der Waals surface area contributed by atoms with Crippen LogP contribution in [-0.2, 0) is 0 Å². The van der Waals surface area contributed by atoms with Crippen molar-refractivity contribution in [2.75, 3.05) is 5.73 Å². The summed E-state index contributed by atoms with van der Waals surface area (Å²) in [7, 11) is 0. The molecule has 2 heterocycles. The van der Waals surface area contributed by atoms with Gasteiger partial charge in [-0.15, -0.1) is 0 Å². The van der Waals surface area contributed by atoms with Gasteiger partial charge in [0.05, 0.1) is 18.5 Å². The van der Waals surface area contributed by atoms with Crippen LogP contribution in [0.5, 0.6) is 0 Å². The Morgan fingerprint density at radius 2 is 2.05 bits per heavy atom. The van der Waals surface area contributed by atoms with Crippen LogP contribution in [0.3, 0.4) is 0 Å². The summed E-state index contributed by atoms with van der Waals surface area (Å²) in [6.07, 6.45) is 1.40. The lowest BCUT2D eigenvalue weighted by atomic mass is 10.1. The summed E-state index contributed by atoms with van der Waals surface area (Å²) >= 11 is 0. The Kier molecular flexibility index (Phi) is 2.93. The van der Waals surface area contributed by atoms with Gasteiger partial charge in [-0.1, -0.05) is 6.08 Å². The molecule has 2 aromatic rings. The number of hydrogen-bond acceptors (Lipinski definition) is 7. The summed E-state index contributed by atoms with van der Waals surface area (Å²) in [5.41, 5.74) is 7.00. The molecule has 0 aliphatic heterocycles. The van der Waals surface area contributed by atoms with Gasteiger partial charge in [0, 0.05) is 0 Å². The Morgan fingerprint density at radius 1 is 1.30 bits per heavy atom. The Balaban J connectivity index is 2.10. The van der Waals surface area contributed by atoms with E-state index in [1.807, 2.05) is 0 Å². The largest absolute Gasteiger partial charge is 0.389 e. The number of nitrogens with two attached hydrogens (primary N) is 1. The van der Waals surface area contributed by atoms with E-state index in [0.29, 0.717) is 16.7 Å². The van der Waals surface area contributed by atoms with Crippen molar-refractivity contribution >= 4 is 17.0 Å². The fourth-order valence-electron chi connectivity index (χ4n) is 2.50. The Morgan fingerprint density at radius 3 is 2.70 bits per heavy atom. The molecule has 0 fully saturated rings. The second kappa shape index (κ2) is 4.51. The van der Waals surface area contributed by atoms with Gasteiger partial charge in [0.2, 0.25) is 0 Å². The molecule has 0 bridgehead atoms. The van der Waals surface area contributed by atoms with Gasteiger partial charge < -0.3 is 25.6 Å². The van der Waals surface area contributed by atoms with E-state index in [9.17, 15) is 15.3 Å². The van der Waals surface area contributed by atoms with Crippen molar-refractivity contribution in [3.05, 3.63) is 24.3 Å². The number of aliphatic hydroxyl groups excluding tert-OH is 3. The zero-order valence-corrected chi connectivity index (χ0v) is 10.7. The molecule has 2 aromatic heterocycles. The van der Waals surface area contributed by atoms with Crippen LogP contribution in [0, 0.1) is 0 Å². The number of rotatable bonds is 2. The van der Waals surface area contributed by atoms with Crippen LogP contribution in [0.4, 0.5) is 5.82 Å². The molecule has 1 aliphatic rings. The van der Waals surface area contributed by atoms with Gasteiger partial charge in [-0.3, -0.25) is 0 Å². The van der Waals surface area contributed by atoms with Crippen LogP contribution in [-0.4, -0.2) is 53.2 Å².